The fraction of sp³-hybridized carbons (Fsp3) is 1.00. The van der Waals surface area contributed by atoms with Gasteiger partial charge in [-0.2, -0.15) is 70.2 Å². The monoisotopic (exact) mass is 550 g/mol. The van der Waals surface area contributed by atoms with Crippen molar-refractivity contribution in [1.29, 1.82) is 0 Å². The van der Waals surface area contributed by atoms with Crippen LogP contribution in [0.25, 0.3) is 0 Å². The Bertz CT molecular complexity index is 610. The molecule has 0 aliphatic rings. The van der Waals surface area contributed by atoms with Crippen molar-refractivity contribution in [2.45, 2.75) is 47.4 Å². The van der Waals surface area contributed by atoms with Crippen molar-refractivity contribution in [3.63, 3.8) is 0 Å². The summed E-state index contributed by atoms with van der Waals surface area (Å²) in [5.74, 6) is -62.2. The lowest BCUT2D eigenvalue weighted by Crippen LogP contribution is -2.75. The average molecular weight is 550 g/mol. The summed E-state index contributed by atoms with van der Waals surface area (Å²) >= 11 is 0. The van der Waals surface area contributed by atoms with Crippen LogP contribution in [0.3, 0.4) is 0 Å². The zero-order valence-corrected chi connectivity index (χ0v) is 16.0. The number of ether oxygens (including phenoxy) is 2. The normalized spacial score (nSPS) is 15.7. The fourth-order valence-electron chi connectivity index (χ4n) is 1.96. The summed E-state index contributed by atoms with van der Waals surface area (Å²) in [7, 11) is 0. The summed E-state index contributed by atoms with van der Waals surface area (Å²) in [5.41, 5.74) is 0. The SMILES string of the molecule is OCCOCC(F)(F)C(F)(F)C(F)(F)C(F)(F)C(F)(F)C(F)(F)C(F)(F)C(F)(F)COCCO. The van der Waals surface area contributed by atoms with Crippen LogP contribution in [0.4, 0.5) is 70.2 Å². The second-order valence-corrected chi connectivity index (χ2v) is 6.41. The van der Waals surface area contributed by atoms with Crippen molar-refractivity contribution in [1.82, 2.24) is 0 Å². The molecular weight excluding hydrogens is 536 g/mol. The Morgan fingerprint density at radius 3 is 0.794 bits per heavy atom. The molecule has 0 aromatic carbocycles. The second-order valence-electron chi connectivity index (χ2n) is 6.41. The van der Waals surface area contributed by atoms with Crippen molar-refractivity contribution in [3.05, 3.63) is 0 Å². The van der Waals surface area contributed by atoms with Crippen LogP contribution in [-0.4, -0.2) is 97.2 Å². The van der Waals surface area contributed by atoms with E-state index in [0.29, 0.717) is 0 Å². The molecule has 0 bridgehead atoms. The van der Waals surface area contributed by atoms with Crippen LogP contribution in [0.2, 0.25) is 0 Å². The minimum Gasteiger partial charge on any atom is -0.394 e. The van der Waals surface area contributed by atoms with Gasteiger partial charge in [0, 0.05) is 0 Å². The molecule has 0 saturated heterocycles. The maximum Gasteiger partial charge on any atom is 0.385 e. The van der Waals surface area contributed by atoms with E-state index in [9.17, 15) is 70.2 Å². The number of hydrogen-bond acceptors (Lipinski definition) is 4. The molecular formula is C14H14F16O4. The van der Waals surface area contributed by atoms with Gasteiger partial charge in [0.15, 0.2) is 0 Å². The van der Waals surface area contributed by atoms with E-state index in [1.807, 2.05) is 0 Å². The van der Waals surface area contributed by atoms with Gasteiger partial charge in [-0.05, 0) is 0 Å². The van der Waals surface area contributed by atoms with E-state index in [-0.39, 0.29) is 0 Å². The van der Waals surface area contributed by atoms with Gasteiger partial charge in [0.05, 0.1) is 26.4 Å². The van der Waals surface area contributed by atoms with Gasteiger partial charge in [0.25, 0.3) is 0 Å². The zero-order valence-electron chi connectivity index (χ0n) is 16.0. The molecule has 0 saturated carbocycles. The third kappa shape index (κ3) is 4.99. The highest BCUT2D eigenvalue weighted by molar-refractivity contribution is 5.15. The van der Waals surface area contributed by atoms with Crippen LogP contribution in [0.5, 0.6) is 0 Å². The summed E-state index contributed by atoms with van der Waals surface area (Å²) in [5, 5.41) is 16.4. The van der Waals surface area contributed by atoms with Gasteiger partial charge in [0.2, 0.25) is 0 Å². The number of hydrogen-bond donors (Lipinski definition) is 2. The summed E-state index contributed by atoms with van der Waals surface area (Å²) in [6.45, 7) is -11.1. The van der Waals surface area contributed by atoms with E-state index in [1.165, 1.54) is 0 Å². The third-order valence-corrected chi connectivity index (χ3v) is 3.93. The molecule has 0 radical (unpaired) electrons. The molecule has 0 aliphatic heterocycles. The van der Waals surface area contributed by atoms with E-state index in [2.05, 4.69) is 9.47 Å². The average Bonchev–Trinajstić information content (AvgIpc) is 2.67. The lowest BCUT2D eigenvalue weighted by Gasteiger charge is -2.43. The number of aliphatic hydroxyl groups is 2. The van der Waals surface area contributed by atoms with Crippen molar-refractivity contribution >= 4 is 0 Å². The van der Waals surface area contributed by atoms with Crippen molar-refractivity contribution in [2.24, 2.45) is 0 Å². The molecule has 0 spiro atoms. The zero-order chi connectivity index (χ0) is 27.7. The minimum absolute atomic E-state index is 1.23. The maximum absolute atomic E-state index is 13.6. The molecule has 0 rings (SSSR count). The fourth-order valence-corrected chi connectivity index (χ4v) is 1.96. The lowest BCUT2D eigenvalue weighted by molar-refractivity contribution is -0.455. The summed E-state index contributed by atoms with van der Waals surface area (Å²) in [4.78, 5) is 0. The molecule has 0 aromatic heterocycles. The first-order chi connectivity index (χ1) is 14.9. The Morgan fingerprint density at radius 2 is 0.588 bits per heavy atom. The molecule has 0 heterocycles. The number of halogens is 16. The predicted molar refractivity (Wildman–Crippen MR) is 75.4 cm³/mol. The molecule has 0 fully saturated rings. The second kappa shape index (κ2) is 10.00. The molecule has 0 amide bonds. The first kappa shape index (κ1) is 32.7. The molecule has 20 heteroatoms. The van der Waals surface area contributed by atoms with Gasteiger partial charge in [-0.25, -0.2) is 0 Å². The number of aliphatic hydroxyl groups excluding tert-OH is 2. The highest BCUT2D eigenvalue weighted by Crippen LogP contribution is 2.63. The van der Waals surface area contributed by atoms with E-state index >= 15 is 0 Å². The Kier molecular flexibility index (Phi) is 9.62. The molecule has 34 heavy (non-hydrogen) atoms. The van der Waals surface area contributed by atoms with Gasteiger partial charge < -0.3 is 19.7 Å². The standard InChI is InChI=1S/C14H14F16O4/c15-7(16,5-33-3-1-31)9(19,20)11(23,24)13(27,28)14(29,30)12(25,26)10(21,22)8(17,18)6-34-4-2-32/h31-32H,1-6H2. The van der Waals surface area contributed by atoms with E-state index in [0.717, 1.165) is 0 Å². The van der Waals surface area contributed by atoms with Crippen LogP contribution in [-0.2, 0) is 9.47 Å². The van der Waals surface area contributed by atoms with Gasteiger partial charge in [-0.1, -0.05) is 0 Å². The van der Waals surface area contributed by atoms with Crippen molar-refractivity contribution in [2.75, 3.05) is 39.6 Å². The Morgan fingerprint density at radius 1 is 0.382 bits per heavy atom. The van der Waals surface area contributed by atoms with Crippen LogP contribution in [0.1, 0.15) is 0 Å². The molecule has 2 N–H and O–H groups in total. The number of alkyl halides is 16. The van der Waals surface area contributed by atoms with Crippen LogP contribution < -0.4 is 0 Å². The Hall–Kier alpha value is -1.28. The quantitative estimate of drug-likeness (QED) is 0.239. The molecule has 206 valence electrons. The minimum atomic E-state index is -8.52. The van der Waals surface area contributed by atoms with Gasteiger partial charge in [-0.15, -0.1) is 0 Å². The van der Waals surface area contributed by atoms with Crippen LogP contribution in [0.15, 0.2) is 0 Å². The molecule has 4 nitrogen and oxygen atoms in total. The summed E-state index contributed by atoms with van der Waals surface area (Å²) in [6.07, 6.45) is 0. The smallest absolute Gasteiger partial charge is 0.385 e. The van der Waals surface area contributed by atoms with Crippen molar-refractivity contribution in [3.8, 4) is 0 Å². The topological polar surface area (TPSA) is 58.9 Å². The molecule has 0 unspecified atom stereocenters. The molecule has 0 aliphatic carbocycles. The largest absolute Gasteiger partial charge is 0.394 e. The highest BCUT2D eigenvalue weighted by atomic mass is 19.4. The predicted octanol–water partition coefficient (Wildman–Crippen LogP) is 4.09. The first-order valence-electron chi connectivity index (χ1n) is 8.27. The Labute approximate surface area is 178 Å². The molecule has 0 aromatic rings. The van der Waals surface area contributed by atoms with Crippen LogP contribution in [0, 0.1) is 0 Å². The van der Waals surface area contributed by atoms with Gasteiger partial charge in [-0.3, -0.25) is 0 Å². The lowest BCUT2D eigenvalue weighted by atomic mass is 9.88. The van der Waals surface area contributed by atoms with E-state index < -0.39 is 87.0 Å². The maximum atomic E-state index is 13.6. The molecule has 0 atom stereocenters. The van der Waals surface area contributed by atoms with E-state index in [4.69, 9.17) is 10.2 Å². The van der Waals surface area contributed by atoms with Crippen LogP contribution >= 0.6 is 0 Å². The van der Waals surface area contributed by atoms with Gasteiger partial charge >= 0.3 is 47.4 Å². The third-order valence-electron chi connectivity index (χ3n) is 3.93. The highest BCUT2D eigenvalue weighted by Gasteiger charge is 2.94. The van der Waals surface area contributed by atoms with Gasteiger partial charge in [0.1, 0.15) is 13.2 Å². The Balaban J connectivity index is 6.46. The summed E-state index contributed by atoms with van der Waals surface area (Å²) < 4.78 is 223. The summed E-state index contributed by atoms with van der Waals surface area (Å²) in [6, 6.07) is 0. The van der Waals surface area contributed by atoms with E-state index in [1.54, 1.807) is 0 Å². The van der Waals surface area contributed by atoms with Crippen molar-refractivity contribution < 1.29 is 89.9 Å². The number of rotatable bonds is 15. The first-order valence-corrected chi connectivity index (χ1v) is 8.27.